The van der Waals surface area contributed by atoms with Gasteiger partial charge in [0.1, 0.15) is 18.3 Å². The van der Waals surface area contributed by atoms with E-state index in [1.54, 1.807) is 0 Å². The first-order valence-electron chi connectivity index (χ1n) is 6.38. The molecule has 3 rings (SSSR count). The van der Waals surface area contributed by atoms with Crippen molar-refractivity contribution in [2.45, 2.75) is 13.5 Å². The zero-order valence-electron chi connectivity index (χ0n) is 11.1. The number of nitrogens with zero attached hydrogens (tertiary/aromatic N) is 1. The van der Waals surface area contributed by atoms with Gasteiger partial charge in [0.25, 0.3) is 0 Å². The average Bonchev–Trinajstić information content (AvgIpc) is 2.83. The minimum atomic E-state index is 0.221. The van der Waals surface area contributed by atoms with E-state index in [-0.39, 0.29) is 5.76 Å². The number of nitriles is 1. The fourth-order valence-corrected chi connectivity index (χ4v) is 2.20. The van der Waals surface area contributed by atoms with E-state index >= 15 is 0 Å². The van der Waals surface area contributed by atoms with Crippen molar-refractivity contribution in [2.24, 2.45) is 0 Å². The van der Waals surface area contributed by atoms with Crippen molar-refractivity contribution >= 4 is 11.0 Å². The second-order valence-corrected chi connectivity index (χ2v) is 4.65. The molecule has 0 radical (unpaired) electrons. The molecule has 3 aromatic rings. The van der Waals surface area contributed by atoms with Crippen LogP contribution in [0.3, 0.4) is 0 Å². The highest BCUT2D eigenvalue weighted by Gasteiger charge is 2.14. The number of furan rings is 1. The molecule has 0 N–H and O–H groups in total. The number of para-hydroxylation sites is 1. The number of rotatable bonds is 3. The van der Waals surface area contributed by atoms with Gasteiger partial charge in [-0.05, 0) is 24.6 Å². The number of fused-ring (bicyclic) bond motifs is 1. The van der Waals surface area contributed by atoms with Crippen LogP contribution in [0.1, 0.15) is 16.9 Å². The molecule has 1 heterocycles. The molecule has 20 heavy (non-hydrogen) atoms. The first-order chi connectivity index (χ1) is 9.78. The number of hydrogen-bond acceptors (Lipinski definition) is 3. The summed E-state index contributed by atoms with van der Waals surface area (Å²) in [5, 5.41) is 9.97. The van der Waals surface area contributed by atoms with Gasteiger partial charge < -0.3 is 9.15 Å². The summed E-state index contributed by atoms with van der Waals surface area (Å²) in [6, 6.07) is 17.6. The molecule has 1 aromatic heterocycles. The second-order valence-electron chi connectivity index (χ2n) is 4.65. The van der Waals surface area contributed by atoms with Crippen molar-refractivity contribution in [1.29, 1.82) is 5.26 Å². The molecule has 0 unspecified atom stereocenters. The molecule has 0 saturated heterocycles. The maximum Gasteiger partial charge on any atom is 0.246 e. The lowest BCUT2D eigenvalue weighted by molar-refractivity contribution is 0.303. The zero-order chi connectivity index (χ0) is 13.9. The van der Waals surface area contributed by atoms with Crippen LogP contribution < -0.4 is 4.74 Å². The van der Waals surface area contributed by atoms with Crippen LogP contribution in [0.2, 0.25) is 0 Å². The smallest absolute Gasteiger partial charge is 0.246 e. The normalized spacial score (nSPS) is 10.4. The molecule has 0 spiro atoms. The molecule has 3 heteroatoms. The number of aryl methyl sites for hydroxylation is 1. The Bertz CT molecular complexity index is 796. The van der Waals surface area contributed by atoms with Crippen LogP contribution in [0.25, 0.3) is 11.0 Å². The second kappa shape index (κ2) is 5.10. The predicted molar refractivity (Wildman–Crippen MR) is 76.4 cm³/mol. The van der Waals surface area contributed by atoms with E-state index in [1.807, 2.05) is 55.5 Å². The third-order valence-corrected chi connectivity index (χ3v) is 3.12. The van der Waals surface area contributed by atoms with Gasteiger partial charge in [-0.2, -0.15) is 5.26 Å². The maximum absolute atomic E-state index is 9.14. The van der Waals surface area contributed by atoms with Gasteiger partial charge >= 0.3 is 0 Å². The predicted octanol–water partition coefficient (Wildman–Crippen LogP) is 4.19. The summed E-state index contributed by atoms with van der Waals surface area (Å²) in [7, 11) is 0. The van der Waals surface area contributed by atoms with Gasteiger partial charge in [-0.25, -0.2) is 0 Å². The molecule has 0 bridgehead atoms. The molecule has 2 aromatic carbocycles. The average molecular weight is 263 g/mol. The first kappa shape index (κ1) is 12.3. The molecule has 0 aliphatic rings. The highest BCUT2D eigenvalue weighted by Crippen LogP contribution is 2.33. The molecule has 98 valence electrons. The van der Waals surface area contributed by atoms with Crippen LogP contribution in [-0.4, -0.2) is 0 Å². The van der Waals surface area contributed by atoms with Gasteiger partial charge in [0.2, 0.25) is 5.76 Å². The van der Waals surface area contributed by atoms with E-state index in [9.17, 15) is 0 Å². The zero-order valence-corrected chi connectivity index (χ0v) is 11.1. The number of hydrogen-bond donors (Lipinski definition) is 0. The van der Waals surface area contributed by atoms with E-state index in [0.717, 1.165) is 10.9 Å². The standard InChI is InChI=1S/C17H13NO2/c1-12-5-4-6-13(9-12)11-19-17-14-7-2-3-8-15(14)20-16(17)10-18/h2-9H,11H2,1H3. The van der Waals surface area contributed by atoms with Gasteiger partial charge in [0.15, 0.2) is 5.75 Å². The van der Waals surface area contributed by atoms with Crippen molar-refractivity contribution in [3.8, 4) is 11.8 Å². The summed E-state index contributed by atoms with van der Waals surface area (Å²) in [4.78, 5) is 0. The van der Waals surface area contributed by atoms with E-state index < -0.39 is 0 Å². The molecule has 0 fully saturated rings. The van der Waals surface area contributed by atoms with Gasteiger partial charge in [-0.15, -0.1) is 0 Å². The summed E-state index contributed by atoms with van der Waals surface area (Å²) < 4.78 is 11.3. The Labute approximate surface area is 117 Å². The van der Waals surface area contributed by atoms with Gasteiger partial charge in [-0.3, -0.25) is 0 Å². The molecule has 3 nitrogen and oxygen atoms in total. The minimum Gasteiger partial charge on any atom is -0.483 e. The minimum absolute atomic E-state index is 0.221. The van der Waals surface area contributed by atoms with Gasteiger partial charge in [0.05, 0.1) is 5.39 Å². The molecule has 0 amide bonds. The summed E-state index contributed by atoms with van der Waals surface area (Å²) in [5.41, 5.74) is 2.92. The quantitative estimate of drug-likeness (QED) is 0.711. The summed E-state index contributed by atoms with van der Waals surface area (Å²) in [6.07, 6.45) is 0. The van der Waals surface area contributed by atoms with Crippen LogP contribution in [0.4, 0.5) is 0 Å². The van der Waals surface area contributed by atoms with Gasteiger partial charge in [0, 0.05) is 0 Å². The Morgan fingerprint density at radius 2 is 2.00 bits per heavy atom. The molecule has 0 saturated carbocycles. The summed E-state index contributed by atoms with van der Waals surface area (Å²) >= 11 is 0. The lowest BCUT2D eigenvalue weighted by Crippen LogP contribution is -1.96. The Balaban J connectivity index is 1.93. The maximum atomic E-state index is 9.14. The van der Waals surface area contributed by atoms with Crippen molar-refractivity contribution in [3.63, 3.8) is 0 Å². The van der Waals surface area contributed by atoms with Gasteiger partial charge in [-0.1, -0.05) is 42.0 Å². The third-order valence-electron chi connectivity index (χ3n) is 3.12. The Hall–Kier alpha value is -2.73. The highest BCUT2D eigenvalue weighted by molar-refractivity contribution is 5.86. The lowest BCUT2D eigenvalue weighted by atomic mass is 10.1. The van der Waals surface area contributed by atoms with E-state index in [0.29, 0.717) is 17.9 Å². The Kier molecular flexibility index (Phi) is 3.14. The SMILES string of the molecule is Cc1cccc(COc2c(C#N)oc3ccccc23)c1. The first-order valence-corrected chi connectivity index (χ1v) is 6.38. The molecular formula is C17H13NO2. The van der Waals surface area contributed by atoms with Crippen molar-refractivity contribution in [3.05, 3.63) is 65.4 Å². The van der Waals surface area contributed by atoms with Crippen LogP contribution in [0.5, 0.6) is 5.75 Å². The fraction of sp³-hybridized carbons (Fsp3) is 0.118. The Morgan fingerprint density at radius 3 is 2.80 bits per heavy atom. The molecule has 0 atom stereocenters. The van der Waals surface area contributed by atoms with Crippen LogP contribution in [0, 0.1) is 18.3 Å². The topological polar surface area (TPSA) is 46.2 Å². The molecule has 0 aliphatic carbocycles. The summed E-state index contributed by atoms with van der Waals surface area (Å²) in [5.74, 6) is 0.739. The van der Waals surface area contributed by atoms with Crippen LogP contribution in [0.15, 0.2) is 52.9 Å². The summed E-state index contributed by atoms with van der Waals surface area (Å²) in [6.45, 7) is 2.46. The molecule has 0 aliphatic heterocycles. The van der Waals surface area contributed by atoms with Crippen molar-refractivity contribution < 1.29 is 9.15 Å². The van der Waals surface area contributed by atoms with E-state index in [4.69, 9.17) is 14.4 Å². The number of ether oxygens (including phenoxy) is 1. The Morgan fingerprint density at radius 1 is 1.15 bits per heavy atom. The van der Waals surface area contributed by atoms with E-state index in [1.165, 1.54) is 5.56 Å². The third kappa shape index (κ3) is 2.24. The van der Waals surface area contributed by atoms with Crippen molar-refractivity contribution in [2.75, 3.05) is 0 Å². The molecular weight excluding hydrogens is 250 g/mol. The van der Waals surface area contributed by atoms with Crippen LogP contribution in [-0.2, 0) is 6.61 Å². The monoisotopic (exact) mass is 263 g/mol. The largest absolute Gasteiger partial charge is 0.483 e. The number of benzene rings is 2. The fourth-order valence-electron chi connectivity index (χ4n) is 2.20. The highest BCUT2D eigenvalue weighted by atomic mass is 16.5. The lowest BCUT2D eigenvalue weighted by Gasteiger charge is -2.05. The van der Waals surface area contributed by atoms with Crippen LogP contribution >= 0.6 is 0 Å². The van der Waals surface area contributed by atoms with E-state index in [2.05, 4.69) is 6.07 Å². The van der Waals surface area contributed by atoms with Crippen molar-refractivity contribution in [1.82, 2.24) is 0 Å².